The van der Waals surface area contributed by atoms with E-state index in [9.17, 15) is 4.79 Å². The highest BCUT2D eigenvalue weighted by molar-refractivity contribution is 5.71. The minimum absolute atomic E-state index is 0.0578. The van der Waals surface area contributed by atoms with Crippen LogP contribution in [0.1, 0.15) is 0 Å². The average molecular weight is 194 g/mol. The van der Waals surface area contributed by atoms with Crippen LogP contribution in [0, 0.1) is 0 Å². The summed E-state index contributed by atoms with van der Waals surface area (Å²) in [4.78, 5) is 10.1. The van der Waals surface area contributed by atoms with Crippen LogP contribution in [0.25, 0.3) is 0 Å². The summed E-state index contributed by atoms with van der Waals surface area (Å²) in [5.74, 6) is -1.31. The molecule has 0 aliphatic heterocycles. The second-order valence-corrected chi connectivity index (χ2v) is 2.26. The number of aliphatic hydroxyl groups excluding tert-OH is 2. The van der Waals surface area contributed by atoms with E-state index in [0.29, 0.717) is 0 Å². The zero-order valence-electron chi connectivity index (χ0n) is 7.18. The maximum atomic E-state index is 10.1. The standard InChI is InChI=1S/C7H14O6/c8-1-2-12-3-4-13-5-6(9)7(10)11/h6,8-9H,1-5H2,(H,10,11). The SMILES string of the molecule is O=C(O)C(O)COCCOCCO. The fraction of sp³-hybridized carbons (Fsp3) is 0.857. The monoisotopic (exact) mass is 194 g/mol. The van der Waals surface area contributed by atoms with Gasteiger partial charge in [-0.2, -0.15) is 0 Å². The molecule has 78 valence electrons. The molecule has 0 radical (unpaired) electrons. The van der Waals surface area contributed by atoms with Crippen LogP contribution < -0.4 is 0 Å². The average Bonchev–Trinajstić information content (AvgIpc) is 2.10. The Balaban J connectivity index is 3.11. The van der Waals surface area contributed by atoms with Gasteiger partial charge in [0.1, 0.15) is 0 Å². The van der Waals surface area contributed by atoms with Crippen LogP contribution in [0.4, 0.5) is 0 Å². The molecule has 0 heterocycles. The normalized spacial score (nSPS) is 12.8. The van der Waals surface area contributed by atoms with Crippen molar-refractivity contribution in [3.05, 3.63) is 0 Å². The summed E-state index contributed by atoms with van der Waals surface area (Å²) >= 11 is 0. The molecule has 0 aliphatic rings. The number of aliphatic hydroxyl groups is 2. The molecule has 0 rings (SSSR count). The van der Waals surface area contributed by atoms with E-state index in [1.165, 1.54) is 0 Å². The van der Waals surface area contributed by atoms with E-state index in [1.54, 1.807) is 0 Å². The van der Waals surface area contributed by atoms with E-state index in [-0.39, 0.29) is 33.0 Å². The molecule has 0 saturated carbocycles. The molecule has 0 bridgehead atoms. The van der Waals surface area contributed by atoms with Crippen LogP contribution in [0.2, 0.25) is 0 Å². The smallest absolute Gasteiger partial charge is 0.334 e. The first kappa shape index (κ1) is 12.3. The molecule has 6 heteroatoms. The Morgan fingerprint density at radius 1 is 1.23 bits per heavy atom. The Bertz CT molecular complexity index is 137. The molecule has 0 aromatic heterocycles. The van der Waals surface area contributed by atoms with Gasteiger partial charge in [0.2, 0.25) is 0 Å². The highest BCUT2D eigenvalue weighted by Gasteiger charge is 2.12. The second kappa shape index (κ2) is 7.93. The van der Waals surface area contributed by atoms with Crippen molar-refractivity contribution >= 4 is 5.97 Å². The summed E-state index contributed by atoms with van der Waals surface area (Å²) < 4.78 is 9.59. The van der Waals surface area contributed by atoms with Gasteiger partial charge in [-0.25, -0.2) is 4.79 Å². The van der Waals surface area contributed by atoms with Crippen molar-refractivity contribution in [2.24, 2.45) is 0 Å². The summed E-state index contributed by atoms with van der Waals surface area (Å²) in [6.45, 7) is 0.387. The van der Waals surface area contributed by atoms with Gasteiger partial charge in [-0.1, -0.05) is 0 Å². The number of carbonyl (C=O) groups is 1. The summed E-state index contributed by atoms with van der Waals surface area (Å²) in [5.41, 5.74) is 0. The molecule has 0 aromatic carbocycles. The Morgan fingerprint density at radius 2 is 1.85 bits per heavy atom. The Morgan fingerprint density at radius 3 is 2.38 bits per heavy atom. The number of hydrogen-bond donors (Lipinski definition) is 3. The molecular formula is C7H14O6. The fourth-order valence-corrected chi connectivity index (χ4v) is 0.551. The van der Waals surface area contributed by atoms with Crippen molar-refractivity contribution in [3.63, 3.8) is 0 Å². The van der Waals surface area contributed by atoms with Crippen LogP contribution in [-0.4, -0.2) is 60.4 Å². The lowest BCUT2D eigenvalue weighted by Crippen LogP contribution is -2.26. The number of carboxylic acids is 1. The molecule has 0 saturated heterocycles. The minimum atomic E-state index is -1.49. The maximum Gasteiger partial charge on any atom is 0.334 e. The van der Waals surface area contributed by atoms with Crippen LogP contribution in [-0.2, 0) is 14.3 Å². The van der Waals surface area contributed by atoms with Gasteiger partial charge in [-0.05, 0) is 0 Å². The predicted octanol–water partition coefficient (Wildman–Crippen LogP) is -1.54. The molecule has 0 aromatic rings. The Kier molecular flexibility index (Phi) is 7.51. The maximum absolute atomic E-state index is 10.1. The van der Waals surface area contributed by atoms with Gasteiger partial charge in [0.25, 0.3) is 0 Å². The highest BCUT2D eigenvalue weighted by Crippen LogP contribution is 1.85. The first-order valence-corrected chi connectivity index (χ1v) is 3.85. The Labute approximate surface area is 75.7 Å². The number of hydrogen-bond acceptors (Lipinski definition) is 5. The molecule has 1 atom stereocenters. The van der Waals surface area contributed by atoms with Gasteiger partial charge in [-0.3, -0.25) is 0 Å². The summed E-state index contributed by atoms with van der Waals surface area (Å²) in [6, 6.07) is 0. The lowest BCUT2D eigenvalue weighted by molar-refractivity contribution is -0.150. The molecule has 0 fully saturated rings. The van der Waals surface area contributed by atoms with Crippen molar-refractivity contribution in [3.8, 4) is 0 Å². The highest BCUT2D eigenvalue weighted by atomic mass is 16.5. The first-order valence-electron chi connectivity index (χ1n) is 3.85. The number of carboxylic acid groups (broad SMARTS) is 1. The first-order chi connectivity index (χ1) is 6.18. The zero-order chi connectivity index (χ0) is 10.1. The summed E-state index contributed by atoms with van der Waals surface area (Å²) in [7, 11) is 0. The predicted molar refractivity (Wildman–Crippen MR) is 42.4 cm³/mol. The molecule has 0 amide bonds. The molecular weight excluding hydrogens is 180 g/mol. The van der Waals surface area contributed by atoms with Gasteiger partial charge < -0.3 is 24.8 Å². The van der Waals surface area contributed by atoms with E-state index in [1.807, 2.05) is 0 Å². The van der Waals surface area contributed by atoms with Gasteiger partial charge >= 0.3 is 5.97 Å². The summed E-state index contributed by atoms with van der Waals surface area (Å²) in [6.07, 6.45) is -1.49. The number of aliphatic carboxylic acids is 1. The molecule has 13 heavy (non-hydrogen) atoms. The van der Waals surface area contributed by atoms with Crippen molar-refractivity contribution in [2.45, 2.75) is 6.10 Å². The lowest BCUT2D eigenvalue weighted by atomic mass is 10.4. The largest absolute Gasteiger partial charge is 0.479 e. The van der Waals surface area contributed by atoms with E-state index in [0.717, 1.165) is 0 Å². The third kappa shape index (κ3) is 7.66. The number of ether oxygens (including phenoxy) is 2. The van der Waals surface area contributed by atoms with Crippen LogP contribution in [0.3, 0.4) is 0 Å². The number of rotatable bonds is 8. The van der Waals surface area contributed by atoms with E-state index < -0.39 is 12.1 Å². The minimum Gasteiger partial charge on any atom is -0.479 e. The molecule has 3 N–H and O–H groups in total. The molecule has 1 unspecified atom stereocenters. The fourth-order valence-electron chi connectivity index (χ4n) is 0.551. The van der Waals surface area contributed by atoms with Gasteiger partial charge in [0.15, 0.2) is 6.10 Å². The van der Waals surface area contributed by atoms with Gasteiger partial charge in [0.05, 0.1) is 33.0 Å². The quantitative estimate of drug-likeness (QED) is 0.405. The zero-order valence-corrected chi connectivity index (χ0v) is 7.18. The van der Waals surface area contributed by atoms with Crippen LogP contribution in [0.5, 0.6) is 0 Å². The van der Waals surface area contributed by atoms with E-state index >= 15 is 0 Å². The third-order valence-corrected chi connectivity index (χ3v) is 1.17. The van der Waals surface area contributed by atoms with Crippen molar-refractivity contribution in [1.29, 1.82) is 0 Å². The van der Waals surface area contributed by atoms with Gasteiger partial charge in [-0.15, -0.1) is 0 Å². The van der Waals surface area contributed by atoms with Crippen LogP contribution in [0.15, 0.2) is 0 Å². The summed E-state index contributed by atoms with van der Waals surface area (Å²) in [5, 5.41) is 25.3. The Hall–Kier alpha value is -0.690. The van der Waals surface area contributed by atoms with Crippen molar-refractivity contribution in [2.75, 3.05) is 33.0 Å². The molecule has 0 aliphatic carbocycles. The van der Waals surface area contributed by atoms with Crippen molar-refractivity contribution in [1.82, 2.24) is 0 Å². The second-order valence-electron chi connectivity index (χ2n) is 2.26. The van der Waals surface area contributed by atoms with Crippen molar-refractivity contribution < 1.29 is 29.6 Å². The van der Waals surface area contributed by atoms with Crippen LogP contribution >= 0.6 is 0 Å². The molecule has 0 spiro atoms. The van der Waals surface area contributed by atoms with E-state index in [2.05, 4.69) is 0 Å². The van der Waals surface area contributed by atoms with E-state index in [4.69, 9.17) is 24.8 Å². The third-order valence-electron chi connectivity index (χ3n) is 1.17. The molecule has 6 nitrogen and oxygen atoms in total. The topological polar surface area (TPSA) is 96.2 Å². The lowest BCUT2D eigenvalue weighted by Gasteiger charge is -2.06. The van der Waals surface area contributed by atoms with Gasteiger partial charge in [0, 0.05) is 0 Å².